The molecule has 0 aromatic rings. The van der Waals surface area contributed by atoms with Crippen molar-refractivity contribution in [1.29, 1.82) is 0 Å². The molecule has 1 atom stereocenters. The van der Waals surface area contributed by atoms with E-state index in [2.05, 4.69) is 4.90 Å². The van der Waals surface area contributed by atoms with Crippen LogP contribution in [0.1, 0.15) is 26.7 Å². The fourth-order valence-corrected chi connectivity index (χ4v) is 2.46. The van der Waals surface area contributed by atoms with Gasteiger partial charge in [0, 0.05) is 13.1 Å². The fourth-order valence-electron chi connectivity index (χ4n) is 2.46. The number of ether oxygens (including phenoxy) is 2. The Hall–Kier alpha value is -1.10. The second-order valence-corrected chi connectivity index (χ2v) is 5.47. The Morgan fingerprint density at radius 3 is 2.50 bits per heavy atom. The van der Waals surface area contributed by atoms with E-state index in [0.717, 1.165) is 19.4 Å². The first-order valence-electron chi connectivity index (χ1n) is 6.29. The molecule has 5 nitrogen and oxygen atoms in total. The van der Waals surface area contributed by atoms with Crippen molar-refractivity contribution in [1.82, 2.24) is 4.90 Å². The quantitative estimate of drug-likeness (QED) is 0.705. The number of carbonyl (C=O) groups excluding carboxylic acids is 2. The van der Waals surface area contributed by atoms with Gasteiger partial charge >= 0.3 is 11.9 Å². The molecule has 104 valence electrons. The van der Waals surface area contributed by atoms with Gasteiger partial charge in [0.05, 0.1) is 25.6 Å². The maximum atomic E-state index is 11.6. The summed E-state index contributed by atoms with van der Waals surface area (Å²) in [6.07, 6.45) is 1.82. The first kappa shape index (κ1) is 15.0. The molecule has 0 spiro atoms. The van der Waals surface area contributed by atoms with Crippen LogP contribution in [0.25, 0.3) is 0 Å². The molecule has 0 amide bonds. The maximum absolute atomic E-state index is 11.6. The van der Waals surface area contributed by atoms with Crippen LogP contribution in [-0.4, -0.2) is 50.7 Å². The van der Waals surface area contributed by atoms with E-state index in [4.69, 9.17) is 9.47 Å². The molecular weight excluding hydrogens is 234 g/mol. The molecule has 1 heterocycles. The number of methoxy groups -OCH3 is 2. The van der Waals surface area contributed by atoms with E-state index in [9.17, 15) is 9.59 Å². The van der Waals surface area contributed by atoms with Crippen molar-refractivity contribution in [2.75, 3.05) is 33.9 Å². The van der Waals surface area contributed by atoms with Crippen molar-refractivity contribution in [2.45, 2.75) is 26.7 Å². The minimum absolute atomic E-state index is 0.0720. The number of esters is 2. The van der Waals surface area contributed by atoms with E-state index in [-0.39, 0.29) is 17.9 Å². The zero-order valence-electron chi connectivity index (χ0n) is 11.7. The van der Waals surface area contributed by atoms with Crippen LogP contribution in [-0.2, 0) is 19.1 Å². The highest BCUT2D eigenvalue weighted by Crippen LogP contribution is 2.24. The Morgan fingerprint density at radius 2 is 1.94 bits per heavy atom. The van der Waals surface area contributed by atoms with Crippen LogP contribution in [0, 0.1) is 11.3 Å². The van der Waals surface area contributed by atoms with Crippen LogP contribution in [0.4, 0.5) is 0 Å². The molecular formula is C13H23NO4. The van der Waals surface area contributed by atoms with Gasteiger partial charge in [-0.3, -0.25) is 9.59 Å². The highest BCUT2D eigenvalue weighted by Gasteiger charge is 2.34. The van der Waals surface area contributed by atoms with Gasteiger partial charge in [-0.2, -0.15) is 0 Å². The molecule has 0 N–H and O–H groups in total. The van der Waals surface area contributed by atoms with E-state index in [0.29, 0.717) is 13.1 Å². The van der Waals surface area contributed by atoms with Gasteiger partial charge in [-0.05, 0) is 33.2 Å². The number of nitrogens with zero attached hydrogens (tertiary/aromatic N) is 1. The van der Waals surface area contributed by atoms with Crippen molar-refractivity contribution >= 4 is 11.9 Å². The maximum Gasteiger partial charge on any atom is 0.312 e. The number of carbonyl (C=O) groups is 2. The van der Waals surface area contributed by atoms with Gasteiger partial charge in [-0.1, -0.05) is 0 Å². The van der Waals surface area contributed by atoms with Gasteiger partial charge in [-0.15, -0.1) is 0 Å². The van der Waals surface area contributed by atoms with Crippen molar-refractivity contribution in [2.24, 2.45) is 11.3 Å². The molecule has 0 bridgehead atoms. The van der Waals surface area contributed by atoms with E-state index < -0.39 is 5.41 Å². The lowest BCUT2D eigenvalue weighted by Crippen LogP contribution is -2.46. The molecule has 5 heteroatoms. The molecule has 1 unspecified atom stereocenters. The number of hydrogen-bond donors (Lipinski definition) is 0. The first-order chi connectivity index (χ1) is 8.40. The van der Waals surface area contributed by atoms with Crippen LogP contribution in [0.5, 0.6) is 0 Å². The van der Waals surface area contributed by atoms with Gasteiger partial charge in [-0.25, -0.2) is 0 Å². The lowest BCUT2D eigenvalue weighted by Gasteiger charge is -2.35. The lowest BCUT2D eigenvalue weighted by atomic mass is 9.90. The predicted octanol–water partition coefficient (Wildman–Crippen LogP) is 1.07. The molecule has 0 aliphatic carbocycles. The Bertz CT molecular complexity index is 314. The van der Waals surface area contributed by atoms with E-state index in [1.54, 1.807) is 0 Å². The lowest BCUT2D eigenvalue weighted by molar-refractivity contribution is -0.152. The van der Waals surface area contributed by atoms with Crippen LogP contribution in [0.15, 0.2) is 0 Å². The average Bonchev–Trinajstić information content (AvgIpc) is 2.36. The second-order valence-electron chi connectivity index (χ2n) is 5.47. The Kier molecular flexibility index (Phi) is 5.14. The minimum atomic E-state index is -0.549. The number of hydrogen-bond acceptors (Lipinski definition) is 5. The normalized spacial score (nSPS) is 21.4. The Balaban J connectivity index is 2.57. The van der Waals surface area contributed by atoms with Crippen LogP contribution in [0.3, 0.4) is 0 Å². The highest BCUT2D eigenvalue weighted by atomic mass is 16.5. The summed E-state index contributed by atoms with van der Waals surface area (Å²) in [5, 5.41) is 0. The zero-order valence-corrected chi connectivity index (χ0v) is 11.7. The fraction of sp³-hybridized carbons (Fsp3) is 0.846. The molecule has 0 aromatic heterocycles. The molecule has 1 rings (SSSR count). The standard InChI is InChI=1S/C13H23NO4/c1-13(2,12(16)18-4)9-14-7-5-6-10(8-14)11(15)17-3/h10H,5-9H2,1-4H3. The number of piperidine rings is 1. The zero-order chi connectivity index (χ0) is 13.8. The summed E-state index contributed by atoms with van der Waals surface area (Å²) >= 11 is 0. The van der Waals surface area contributed by atoms with Crippen molar-refractivity contribution in [3.05, 3.63) is 0 Å². The SMILES string of the molecule is COC(=O)C1CCCN(CC(C)(C)C(=O)OC)C1. The first-order valence-corrected chi connectivity index (χ1v) is 6.29. The van der Waals surface area contributed by atoms with Crippen molar-refractivity contribution in [3.63, 3.8) is 0 Å². The minimum Gasteiger partial charge on any atom is -0.469 e. The molecule has 1 aliphatic heterocycles. The van der Waals surface area contributed by atoms with Crippen LogP contribution >= 0.6 is 0 Å². The summed E-state index contributed by atoms with van der Waals surface area (Å²) in [6.45, 7) is 5.90. The highest BCUT2D eigenvalue weighted by molar-refractivity contribution is 5.76. The third-order valence-corrected chi connectivity index (χ3v) is 3.40. The largest absolute Gasteiger partial charge is 0.469 e. The van der Waals surface area contributed by atoms with Gasteiger partial charge in [0.2, 0.25) is 0 Å². The summed E-state index contributed by atoms with van der Waals surface area (Å²) in [5.41, 5.74) is -0.549. The smallest absolute Gasteiger partial charge is 0.312 e. The van der Waals surface area contributed by atoms with Crippen LogP contribution < -0.4 is 0 Å². The molecule has 0 aromatic carbocycles. The van der Waals surface area contributed by atoms with Gasteiger partial charge in [0.1, 0.15) is 0 Å². The topological polar surface area (TPSA) is 55.8 Å². The summed E-state index contributed by atoms with van der Waals surface area (Å²) in [5.74, 6) is -0.449. The monoisotopic (exact) mass is 257 g/mol. The van der Waals surface area contributed by atoms with Crippen LogP contribution in [0.2, 0.25) is 0 Å². The summed E-state index contributed by atoms with van der Waals surface area (Å²) < 4.78 is 9.57. The van der Waals surface area contributed by atoms with Gasteiger partial charge < -0.3 is 14.4 Å². The Morgan fingerprint density at radius 1 is 1.28 bits per heavy atom. The molecule has 1 saturated heterocycles. The summed E-state index contributed by atoms with van der Waals surface area (Å²) in [4.78, 5) is 25.3. The third kappa shape index (κ3) is 3.70. The predicted molar refractivity (Wildman–Crippen MR) is 67.0 cm³/mol. The van der Waals surface area contributed by atoms with E-state index in [1.165, 1.54) is 14.2 Å². The van der Waals surface area contributed by atoms with E-state index in [1.807, 2.05) is 13.8 Å². The second kappa shape index (κ2) is 6.18. The summed E-state index contributed by atoms with van der Waals surface area (Å²) in [6, 6.07) is 0. The molecule has 1 aliphatic rings. The number of rotatable bonds is 4. The number of likely N-dealkylation sites (tertiary alicyclic amines) is 1. The van der Waals surface area contributed by atoms with Gasteiger partial charge in [0.25, 0.3) is 0 Å². The van der Waals surface area contributed by atoms with Gasteiger partial charge in [0.15, 0.2) is 0 Å². The molecule has 0 radical (unpaired) electrons. The van der Waals surface area contributed by atoms with Crippen molar-refractivity contribution < 1.29 is 19.1 Å². The average molecular weight is 257 g/mol. The van der Waals surface area contributed by atoms with E-state index >= 15 is 0 Å². The summed E-state index contributed by atoms with van der Waals surface area (Å²) in [7, 11) is 2.82. The molecule has 1 fully saturated rings. The van der Waals surface area contributed by atoms with Crippen molar-refractivity contribution in [3.8, 4) is 0 Å². The Labute approximate surface area is 108 Å². The molecule has 0 saturated carbocycles. The molecule has 18 heavy (non-hydrogen) atoms. The third-order valence-electron chi connectivity index (χ3n) is 3.40.